The first-order valence-corrected chi connectivity index (χ1v) is 7.45. The smallest absolute Gasteiger partial charge is 0.232 e. The molecule has 0 N–H and O–H groups in total. The van der Waals surface area contributed by atoms with E-state index in [0.717, 1.165) is 28.1 Å². The Kier molecular flexibility index (Phi) is 4.44. The summed E-state index contributed by atoms with van der Waals surface area (Å²) in [4.78, 5) is 4.49. The molecular formula is C20H16N2O2. The van der Waals surface area contributed by atoms with Crippen LogP contribution in [0.5, 0.6) is 11.6 Å². The Balaban J connectivity index is 2.19. The summed E-state index contributed by atoms with van der Waals surface area (Å²) in [6, 6.07) is 21.5. The van der Waals surface area contributed by atoms with Gasteiger partial charge in [0.25, 0.3) is 0 Å². The molecule has 0 aliphatic rings. The van der Waals surface area contributed by atoms with Crippen LogP contribution in [0.3, 0.4) is 0 Å². The summed E-state index contributed by atoms with van der Waals surface area (Å²) in [6.07, 6.45) is 0. The minimum atomic E-state index is 0.324. The van der Waals surface area contributed by atoms with Crippen molar-refractivity contribution in [3.8, 4) is 40.1 Å². The van der Waals surface area contributed by atoms with Gasteiger partial charge < -0.3 is 9.47 Å². The van der Waals surface area contributed by atoms with Gasteiger partial charge in [-0.1, -0.05) is 30.3 Å². The highest BCUT2D eigenvalue weighted by Gasteiger charge is 2.15. The van der Waals surface area contributed by atoms with Gasteiger partial charge in [0.2, 0.25) is 5.88 Å². The van der Waals surface area contributed by atoms with E-state index in [-0.39, 0.29) is 0 Å². The summed E-state index contributed by atoms with van der Waals surface area (Å²) in [7, 11) is 3.15. The number of aromatic nitrogens is 1. The molecule has 1 aromatic heterocycles. The number of methoxy groups -OCH3 is 2. The summed E-state index contributed by atoms with van der Waals surface area (Å²) in [5.41, 5.74) is 3.85. The van der Waals surface area contributed by atoms with Crippen LogP contribution < -0.4 is 9.47 Å². The summed E-state index contributed by atoms with van der Waals surface area (Å²) < 4.78 is 10.5. The number of hydrogen-bond donors (Lipinski definition) is 0. The molecule has 0 unspecified atom stereocenters. The fourth-order valence-electron chi connectivity index (χ4n) is 2.53. The molecule has 0 fully saturated rings. The first-order valence-electron chi connectivity index (χ1n) is 7.45. The van der Waals surface area contributed by atoms with E-state index in [1.54, 1.807) is 7.11 Å². The minimum absolute atomic E-state index is 0.324. The van der Waals surface area contributed by atoms with E-state index in [9.17, 15) is 5.26 Å². The number of pyridine rings is 1. The number of benzene rings is 2. The van der Waals surface area contributed by atoms with Gasteiger partial charge in [-0.3, -0.25) is 0 Å². The molecule has 2 aromatic carbocycles. The van der Waals surface area contributed by atoms with E-state index in [2.05, 4.69) is 11.1 Å². The molecule has 0 aliphatic heterocycles. The molecular weight excluding hydrogens is 300 g/mol. The third-order valence-corrected chi connectivity index (χ3v) is 3.76. The summed E-state index contributed by atoms with van der Waals surface area (Å²) >= 11 is 0. The minimum Gasteiger partial charge on any atom is -0.497 e. The van der Waals surface area contributed by atoms with Crippen molar-refractivity contribution in [2.45, 2.75) is 0 Å². The highest BCUT2D eigenvalue weighted by Crippen LogP contribution is 2.33. The van der Waals surface area contributed by atoms with Crippen LogP contribution in [0.25, 0.3) is 22.4 Å². The van der Waals surface area contributed by atoms with Gasteiger partial charge in [0.05, 0.1) is 19.9 Å². The predicted octanol–water partition coefficient (Wildman–Crippen LogP) is 4.30. The molecule has 0 saturated heterocycles. The maximum atomic E-state index is 9.53. The zero-order valence-corrected chi connectivity index (χ0v) is 13.5. The van der Waals surface area contributed by atoms with Crippen LogP contribution in [-0.4, -0.2) is 19.2 Å². The van der Waals surface area contributed by atoms with Crippen LogP contribution in [0, 0.1) is 11.3 Å². The van der Waals surface area contributed by atoms with Crippen molar-refractivity contribution < 1.29 is 9.47 Å². The lowest BCUT2D eigenvalue weighted by Gasteiger charge is -2.12. The first kappa shape index (κ1) is 15.6. The van der Waals surface area contributed by atoms with Gasteiger partial charge in [0.15, 0.2) is 0 Å². The van der Waals surface area contributed by atoms with Crippen LogP contribution >= 0.6 is 0 Å². The second kappa shape index (κ2) is 6.84. The van der Waals surface area contributed by atoms with E-state index in [1.807, 2.05) is 60.7 Å². The highest BCUT2D eigenvalue weighted by molar-refractivity contribution is 5.77. The first-order chi connectivity index (χ1) is 11.8. The Morgan fingerprint density at radius 1 is 0.875 bits per heavy atom. The molecule has 0 saturated carbocycles. The molecule has 0 atom stereocenters. The Hall–Kier alpha value is -3.32. The SMILES string of the molecule is COc1ccc(-c2cc(-c3ccccc3)c(C#N)c(OC)n2)cc1. The standard InChI is InChI=1S/C20H16N2O2/c1-23-16-10-8-15(9-11-16)19-12-17(14-6-4-3-5-7-14)18(13-21)20(22-19)24-2/h3-12H,1-2H3. The molecule has 4 nitrogen and oxygen atoms in total. The van der Waals surface area contributed by atoms with Crippen LogP contribution in [0.15, 0.2) is 60.7 Å². The van der Waals surface area contributed by atoms with Crippen molar-refractivity contribution in [2.75, 3.05) is 14.2 Å². The summed E-state index contributed by atoms with van der Waals surface area (Å²) in [5, 5.41) is 9.53. The number of hydrogen-bond acceptors (Lipinski definition) is 4. The third-order valence-electron chi connectivity index (χ3n) is 3.76. The van der Waals surface area contributed by atoms with Crippen LogP contribution in [0.2, 0.25) is 0 Å². The zero-order valence-electron chi connectivity index (χ0n) is 13.5. The van der Waals surface area contributed by atoms with Gasteiger partial charge in [-0.05, 0) is 35.9 Å². The maximum absolute atomic E-state index is 9.53. The van der Waals surface area contributed by atoms with Gasteiger partial charge in [0.1, 0.15) is 17.4 Å². The van der Waals surface area contributed by atoms with Crippen LogP contribution in [-0.2, 0) is 0 Å². The molecule has 0 spiro atoms. The Morgan fingerprint density at radius 2 is 1.58 bits per heavy atom. The Bertz CT molecular complexity index is 882. The molecule has 118 valence electrons. The van der Waals surface area contributed by atoms with Gasteiger partial charge >= 0.3 is 0 Å². The molecule has 1 heterocycles. The molecule has 3 aromatic rings. The average Bonchev–Trinajstić information content (AvgIpc) is 2.67. The summed E-state index contributed by atoms with van der Waals surface area (Å²) in [5.74, 6) is 1.10. The molecule has 0 bridgehead atoms. The van der Waals surface area contributed by atoms with E-state index in [0.29, 0.717) is 11.4 Å². The lowest BCUT2D eigenvalue weighted by molar-refractivity contribution is 0.397. The van der Waals surface area contributed by atoms with Gasteiger partial charge in [-0.15, -0.1) is 0 Å². The second-order valence-corrected chi connectivity index (χ2v) is 5.15. The van der Waals surface area contributed by atoms with Gasteiger partial charge in [-0.2, -0.15) is 5.26 Å². The number of nitrogens with zero attached hydrogens (tertiary/aromatic N) is 2. The van der Waals surface area contributed by atoms with Gasteiger partial charge in [-0.25, -0.2) is 4.98 Å². The van der Waals surface area contributed by atoms with E-state index in [1.165, 1.54) is 7.11 Å². The highest BCUT2D eigenvalue weighted by atomic mass is 16.5. The average molecular weight is 316 g/mol. The van der Waals surface area contributed by atoms with Crippen molar-refractivity contribution in [1.82, 2.24) is 4.98 Å². The van der Waals surface area contributed by atoms with Crippen molar-refractivity contribution in [3.63, 3.8) is 0 Å². The fourth-order valence-corrected chi connectivity index (χ4v) is 2.53. The van der Waals surface area contributed by atoms with Crippen LogP contribution in [0.4, 0.5) is 0 Å². The van der Waals surface area contributed by atoms with E-state index >= 15 is 0 Å². The van der Waals surface area contributed by atoms with Crippen molar-refractivity contribution in [1.29, 1.82) is 5.26 Å². The third kappa shape index (κ3) is 2.92. The van der Waals surface area contributed by atoms with Crippen LogP contribution in [0.1, 0.15) is 5.56 Å². The van der Waals surface area contributed by atoms with E-state index < -0.39 is 0 Å². The van der Waals surface area contributed by atoms with E-state index in [4.69, 9.17) is 9.47 Å². The zero-order chi connectivity index (χ0) is 16.9. The lowest BCUT2D eigenvalue weighted by atomic mass is 9.99. The topological polar surface area (TPSA) is 55.1 Å². The quantitative estimate of drug-likeness (QED) is 0.720. The second-order valence-electron chi connectivity index (χ2n) is 5.15. The number of rotatable bonds is 4. The van der Waals surface area contributed by atoms with Crippen molar-refractivity contribution >= 4 is 0 Å². The monoisotopic (exact) mass is 316 g/mol. The molecule has 0 radical (unpaired) electrons. The van der Waals surface area contributed by atoms with Crippen molar-refractivity contribution in [2.24, 2.45) is 0 Å². The molecule has 24 heavy (non-hydrogen) atoms. The normalized spacial score (nSPS) is 10.0. The maximum Gasteiger partial charge on any atom is 0.232 e. The molecule has 0 amide bonds. The van der Waals surface area contributed by atoms with Gasteiger partial charge in [0, 0.05) is 11.1 Å². The molecule has 3 rings (SSSR count). The largest absolute Gasteiger partial charge is 0.497 e. The molecule has 4 heteroatoms. The lowest BCUT2D eigenvalue weighted by Crippen LogP contribution is -1.97. The Morgan fingerprint density at radius 3 is 2.17 bits per heavy atom. The number of ether oxygens (including phenoxy) is 2. The molecule has 0 aliphatic carbocycles. The predicted molar refractivity (Wildman–Crippen MR) is 92.9 cm³/mol. The fraction of sp³-hybridized carbons (Fsp3) is 0.100. The van der Waals surface area contributed by atoms with Crippen molar-refractivity contribution in [3.05, 3.63) is 66.2 Å². The number of nitriles is 1. The Labute approximate surface area is 140 Å². The summed E-state index contributed by atoms with van der Waals surface area (Å²) in [6.45, 7) is 0.